The summed E-state index contributed by atoms with van der Waals surface area (Å²) in [6.45, 7) is 8.31. The molecule has 0 N–H and O–H groups in total. The third kappa shape index (κ3) is 2.68. The Hall–Kier alpha value is -3.09. The first-order valence-corrected chi connectivity index (χ1v) is 10.6. The van der Waals surface area contributed by atoms with Crippen molar-refractivity contribution in [2.45, 2.75) is 38.9 Å². The van der Waals surface area contributed by atoms with Gasteiger partial charge in [-0.3, -0.25) is 4.40 Å². The first-order valence-electron chi connectivity index (χ1n) is 10.6. The summed E-state index contributed by atoms with van der Waals surface area (Å²) < 4.78 is 20.7. The summed E-state index contributed by atoms with van der Waals surface area (Å²) >= 11 is 0. The normalized spacial score (nSPS) is 17.9. The predicted octanol–water partition coefficient (Wildman–Crippen LogP) is 5.20. The van der Waals surface area contributed by atoms with E-state index in [9.17, 15) is 0 Å². The second-order valence-corrected chi connectivity index (χ2v) is 9.18. The molecule has 0 amide bonds. The number of nitrogens with zero attached hydrogens (tertiary/aromatic N) is 2. The SMILES string of the molecule is CC1(C)OB(c2ccccc2-c2ccc3nc4oc5ccccc5n4c3c2)OC1(C)C. The Kier molecular flexibility index (Phi) is 3.74. The number of oxazole rings is 1. The quantitative estimate of drug-likeness (QED) is 0.376. The Balaban J connectivity index is 1.53. The molecule has 6 heteroatoms. The van der Waals surface area contributed by atoms with E-state index in [0.717, 1.165) is 38.7 Å². The van der Waals surface area contributed by atoms with Gasteiger partial charge in [0, 0.05) is 0 Å². The summed E-state index contributed by atoms with van der Waals surface area (Å²) in [4.78, 5) is 4.67. The van der Waals surface area contributed by atoms with Crippen molar-refractivity contribution in [3.63, 3.8) is 0 Å². The molecular formula is C25H23BN2O3. The molecule has 0 unspecified atom stereocenters. The van der Waals surface area contributed by atoms with Gasteiger partial charge in [0.05, 0.1) is 27.8 Å². The molecule has 0 aliphatic carbocycles. The molecule has 0 bridgehead atoms. The summed E-state index contributed by atoms with van der Waals surface area (Å²) in [6, 6.07) is 22.6. The van der Waals surface area contributed by atoms with Crippen LogP contribution >= 0.6 is 0 Å². The zero-order chi connectivity index (χ0) is 21.4. The highest BCUT2D eigenvalue weighted by molar-refractivity contribution is 6.63. The highest BCUT2D eigenvalue weighted by Crippen LogP contribution is 2.37. The number of hydrogen-bond donors (Lipinski definition) is 0. The molecule has 0 saturated carbocycles. The van der Waals surface area contributed by atoms with Gasteiger partial charge in [-0.25, -0.2) is 0 Å². The average molecular weight is 410 g/mol. The zero-order valence-electron chi connectivity index (χ0n) is 18.0. The number of para-hydroxylation sites is 2. The van der Waals surface area contributed by atoms with Crippen LogP contribution < -0.4 is 5.46 Å². The topological polar surface area (TPSA) is 48.9 Å². The van der Waals surface area contributed by atoms with Crippen LogP contribution in [0.4, 0.5) is 0 Å². The third-order valence-corrected chi connectivity index (χ3v) is 6.71. The van der Waals surface area contributed by atoms with Crippen LogP contribution in [0.1, 0.15) is 27.7 Å². The molecule has 5 nitrogen and oxygen atoms in total. The Morgan fingerprint density at radius 3 is 2.32 bits per heavy atom. The lowest BCUT2D eigenvalue weighted by atomic mass is 9.74. The van der Waals surface area contributed by atoms with Crippen molar-refractivity contribution >= 4 is 40.6 Å². The van der Waals surface area contributed by atoms with E-state index in [-0.39, 0.29) is 11.2 Å². The standard InChI is InChI=1S/C25H23BN2O3/c1-24(2)25(3,4)31-26(30-24)18-10-6-5-9-17(18)16-13-14-19-21(15-16)28-20-11-7-8-12-22(20)29-23(28)27-19/h5-15H,1-4H3. The van der Waals surface area contributed by atoms with E-state index in [1.165, 1.54) is 0 Å². The lowest BCUT2D eigenvalue weighted by Gasteiger charge is -2.32. The zero-order valence-corrected chi connectivity index (χ0v) is 18.0. The van der Waals surface area contributed by atoms with Crippen LogP contribution in [0.2, 0.25) is 0 Å². The van der Waals surface area contributed by atoms with E-state index in [2.05, 4.69) is 67.4 Å². The largest absolute Gasteiger partial charge is 0.495 e. The highest BCUT2D eigenvalue weighted by Gasteiger charge is 2.52. The fourth-order valence-electron chi connectivity index (χ4n) is 4.28. The van der Waals surface area contributed by atoms with Crippen molar-refractivity contribution in [1.29, 1.82) is 0 Å². The van der Waals surface area contributed by atoms with Crippen LogP contribution in [0.3, 0.4) is 0 Å². The van der Waals surface area contributed by atoms with Crippen LogP contribution in [0.5, 0.6) is 0 Å². The molecule has 31 heavy (non-hydrogen) atoms. The minimum atomic E-state index is -0.419. The molecule has 5 aromatic rings. The van der Waals surface area contributed by atoms with Crippen molar-refractivity contribution in [2.75, 3.05) is 0 Å². The molecule has 3 heterocycles. The number of rotatable bonds is 2. The molecule has 1 saturated heterocycles. The van der Waals surface area contributed by atoms with Gasteiger partial charge in [-0.1, -0.05) is 42.5 Å². The third-order valence-electron chi connectivity index (χ3n) is 6.71. The van der Waals surface area contributed by atoms with Gasteiger partial charge >= 0.3 is 13.0 Å². The number of imidazole rings is 1. The average Bonchev–Trinajstić information content (AvgIpc) is 3.34. The summed E-state index contributed by atoms with van der Waals surface area (Å²) in [6.07, 6.45) is 0. The van der Waals surface area contributed by atoms with Crippen molar-refractivity contribution in [2.24, 2.45) is 0 Å². The lowest BCUT2D eigenvalue weighted by molar-refractivity contribution is 0.00578. The lowest BCUT2D eigenvalue weighted by Crippen LogP contribution is -2.41. The smallest absolute Gasteiger partial charge is 0.423 e. The van der Waals surface area contributed by atoms with E-state index < -0.39 is 7.12 Å². The molecule has 1 fully saturated rings. The maximum absolute atomic E-state index is 6.35. The summed E-state index contributed by atoms with van der Waals surface area (Å²) in [5, 5.41) is 0. The number of hydrogen-bond acceptors (Lipinski definition) is 4. The molecule has 0 atom stereocenters. The van der Waals surface area contributed by atoms with Crippen LogP contribution in [0.15, 0.2) is 71.1 Å². The second kappa shape index (κ2) is 6.22. The summed E-state index contributed by atoms with van der Waals surface area (Å²) in [7, 11) is -0.419. The van der Waals surface area contributed by atoms with Gasteiger partial charge in [-0.05, 0) is 68.6 Å². The number of fused-ring (bicyclic) bond motifs is 5. The van der Waals surface area contributed by atoms with E-state index in [4.69, 9.17) is 13.7 Å². The maximum atomic E-state index is 6.35. The summed E-state index contributed by atoms with van der Waals surface area (Å²) in [5.41, 5.74) is 6.19. The number of benzene rings is 3. The van der Waals surface area contributed by atoms with Gasteiger partial charge in [-0.2, -0.15) is 4.98 Å². The highest BCUT2D eigenvalue weighted by atomic mass is 16.7. The fourth-order valence-corrected chi connectivity index (χ4v) is 4.28. The van der Waals surface area contributed by atoms with Gasteiger partial charge in [-0.15, -0.1) is 0 Å². The molecule has 1 aliphatic heterocycles. The predicted molar refractivity (Wildman–Crippen MR) is 124 cm³/mol. The molecular weight excluding hydrogens is 387 g/mol. The fraction of sp³-hybridized carbons (Fsp3) is 0.240. The van der Waals surface area contributed by atoms with Crippen LogP contribution in [-0.4, -0.2) is 27.7 Å². The molecule has 0 spiro atoms. The van der Waals surface area contributed by atoms with Gasteiger partial charge in [0.15, 0.2) is 5.58 Å². The van der Waals surface area contributed by atoms with Crippen LogP contribution in [0.25, 0.3) is 39.1 Å². The van der Waals surface area contributed by atoms with Crippen molar-refractivity contribution in [3.8, 4) is 11.1 Å². The van der Waals surface area contributed by atoms with Gasteiger partial charge in [0.1, 0.15) is 0 Å². The van der Waals surface area contributed by atoms with E-state index in [1.54, 1.807) is 0 Å². The first kappa shape index (κ1) is 18.7. The van der Waals surface area contributed by atoms with Crippen molar-refractivity contribution in [3.05, 3.63) is 66.7 Å². The Morgan fingerprint density at radius 1 is 0.806 bits per heavy atom. The van der Waals surface area contributed by atoms with Gasteiger partial charge in [0.25, 0.3) is 0 Å². The van der Waals surface area contributed by atoms with Crippen molar-refractivity contribution in [1.82, 2.24) is 9.38 Å². The minimum Gasteiger partial charge on any atom is -0.423 e. The van der Waals surface area contributed by atoms with Crippen molar-refractivity contribution < 1.29 is 13.7 Å². The Morgan fingerprint density at radius 2 is 1.52 bits per heavy atom. The molecule has 6 rings (SSSR count). The Bertz CT molecular complexity index is 1450. The maximum Gasteiger partial charge on any atom is 0.495 e. The first-order chi connectivity index (χ1) is 14.8. The van der Waals surface area contributed by atoms with Crippen LogP contribution in [-0.2, 0) is 9.31 Å². The molecule has 2 aromatic heterocycles. The molecule has 154 valence electrons. The van der Waals surface area contributed by atoms with Gasteiger partial charge < -0.3 is 13.7 Å². The second-order valence-electron chi connectivity index (χ2n) is 9.18. The molecule has 3 aromatic carbocycles. The van der Waals surface area contributed by atoms with Crippen LogP contribution in [0, 0.1) is 0 Å². The van der Waals surface area contributed by atoms with E-state index in [1.807, 2.05) is 36.4 Å². The van der Waals surface area contributed by atoms with E-state index in [0.29, 0.717) is 5.84 Å². The Labute approximate surface area is 180 Å². The minimum absolute atomic E-state index is 0.387. The molecule has 1 aliphatic rings. The van der Waals surface area contributed by atoms with E-state index >= 15 is 0 Å². The number of aromatic nitrogens is 2. The van der Waals surface area contributed by atoms with Gasteiger partial charge in [0.2, 0.25) is 0 Å². The monoisotopic (exact) mass is 410 g/mol. The molecule has 0 radical (unpaired) electrons. The summed E-state index contributed by atoms with van der Waals surface area (Å²) in [5.74, 6) is 0.604.